The molecule has 1 aromatic heterocycles. The lowest BCUT2D eigenvalue weighted by Gasteiger charge is -2.18. The fraction of sp³-hybridized carbons (Fsp3) is 0.357. The third-order valence-corrected chi connectivity index (χ3v) is 3.87. The Kier molecular flexibility index (Phi) is 5.31. The summed E-state index contributed by atoms with van der Waals surface area (Å²) in [5, 5.41) is 6.84. The van der Waals surface area contributed by atoms with Crippen LogP contribution in [0, 0.1) is 5.82 Å². The second kappa shape index (κ2) is 6.98. The Morgan fingerprint density at radius 3 is 3.00 bits per heavy atom. The summed E-state index contributed by atoms with van der Waals surface area (Å²) in [7, 11) is 0. The first kappa shape index (κ1) is 14.4. The zero-order chi connectivity index (χ0) is 13.7. The van der Waals surface area contributed by atoms with Gasteiger partial charge in [-0.1, -0.05) is 18.5 Å². The lowest BCUT2D eigenvalue weighted by atomic mass is 10.0. The fourth-order valence-corrected chi connectivity index (χ4v) is 2.76. The van der Waals surface area contributed by atoms with E-state index in [4.69, 9.17) is 11.6 Å². The normalized spacial score (nSPS) is 12.6. The van der Waals surface area contributed by atoms with Crippen molar-refractivity contribution >= 4 is 22.9 Å². The summed E-state index contributed by atoms with van der Waals surface area (Å²) in [5.74, 6) is -0.227. The van der Waals surface area contributed by atoms with Crippen LogP contribution in [0.3, 0.4) is 0 Å². The lowest BCUT2D eigenvalue weighted by Crippen LogP contribution is -2.25. The number of thiazole rings is 1. The van der Waals surface area contributed by atoms with Gasteiger partial charge in [0.05, 0.1) is 5.01 Å². The van der Waals surface area contributed by atoms with E-state index in [0.717, 1.165) is 18.0 Å². The van der Waals surface area contributed by atoms with Gasteiger partial charge in [0.25, 0.3) is 0 Å². The molecule has 5 heteroatoms. The highest BCUT2D eigenvalue weighted by Gasteiger charge is 2.17. The van der Waals surface area contributed by atoms with Crippen molar-refractivity contribution in [3.8, 4) is 0 Å². The molecular formula is C14H16ClFN2S. The highest BCUT2D eigenvalue weighted by Crippen LogP contribution is 2.25. The quantitative estimate of drug-likeness (QED) is 0.864. The molecule has 102 valence electrons. The minimum absolute atomic E-state index is 0.0928. The third kappa shape index (κ3) is 4.00. The number of nitrogens with zero attached hydrogens (tertiary/aromatic N) is 1. The van der Waals surface area contributed by atoms with Crippen LogP contribution in [0.15, 0.2) is 29.8 Å². The summed E-state index contributed by atoms with van der Waals surface area (Å²) >= 11 is 7.55. The van der Waals surface area contributed by atoms with Gasteiger partial charge in [0.2, 0.25) is 0 Å². The van der Waals surface area contributed by atoms with Crippen LogP contribution < -0.4 is 5.32 Å². The zero-order valence-corrected chi connectivity index (χ0v) is 12.3. The lowest BCUT2D eigenvalue weighted by molar-refractivity contribution is 0.496. The minimum Gasteiger partial charge on any atom is -0.309 e. The van der Waals surface area contributed by atoms with E-state index in [1.165, 1.54) is 6.07 Å². The molecule has 0 saturated carbocycles. The van der Waals surface area contributed by atoms with Crippen molar-refractivity contribution in [1.82, 2.24) is 10.3 Å². The number of halogens is 2. The van der Waals surface area contributed by atoms with Gasteiger partial charge in [-0.3, -0.25) is 0 Å². The first-order chi connectivity index (χ1) is 9.20. The molecule has 0 amide bonds. The van der Waals surface area contributed by atoms with Crippen molar-refractivity contribution < 1.29 is 4.39 Å². The maximum atomic E-state index is 14.0. The molecule has 0 saturated heterocycles. The van der Waals surface area contributed by atoms with E-state index in [0.29, 0.717) is 17.0 Å². The van der Waals surface area contributed by atoms with Gasteiger partial charge < -0.3 is 5.32 Å². The highest BCUT2D eigenvalue weighted by atomic mass is 35.5. The minimum atomic E-state index is -0.227. The van der Waals surface area contributed by atoms with Gasteiger partial charge in [-0.2, -0.15) is 0 Å². The molecule has 0 aliphatic carbocycles. The van der Waals surface area contributed by atoms with E-state index in [9.17, 15) is 4.39 Å². The van der Waals surface area contributed by atoms with E-state index in [2.05, 4.69) is 17.2 Å². The maximum Gasteiger partial charge on any atom is 0.128 e. The molecule has 0 aliphatic heterocycles. The van der Waals surface area contributed by atoms with Gasteiger partial charge >= 0.3 is 0 Å². The molecule has 0 radical (unpaired) electrons. The molecule has 1 heterocycles. The Hall–Kier alpha value is -0.970. The van der Waals surface area contributed by atoms with Gasteiger partial charge in [-0.15, -0.1) is 11.3 Å². The fourth-order valence-electron chi connectivity index (χ4n) is 1.92. The first-order valence-corrected chi connectivity index (χ1v) is 7.53. The molecule has 2 rings (SSSR count). The molecule has 1 N–H and O–H groups in total. The van der Waals surface area contributed by atoms with E-state index < -0.39 is 0 Å². The molecule has 1 atom stereocenters. The van der Waals surface area contributed by atoms with E-state index >= 15 is 0 Å². The number of nitrogens with one attached hydrogen (secondary N) is 1. The van der Waals surface area contributed by atoms with Crippen LogP contribution in [-0.4, -0.2) is 11.5 Å². The van der Waals surface area contributed by atoms with E-state index in [1.54, 1.807) is 29.7 Å². The number of benzene rings is 1. The largest absolute Gasteiger partial charge is 0.309 e. The SMILES string of the molecule is CCCNC(Cc1nccs1)c1cc(Cl)ccc1F. The van der Waals surface area contributed by atoms with Gasteiger partial charge in [0.1, 0.15) is 5.82 Å². The van der Waals surface area contributed by atoms with Crippen LogP contribution in [0.1, 0.15) is 30.0 Å². The number of aromatic nitrogens is 1. The second-order valence-corrected chi connectivity index (χ2v) is 5.72. The van der Waals surface area contributed by atoms with E-state index in [-0.39, 0.29) is 11.9 Å². The molecule has 0 aliphatic rings. The number of hydrogen-bond donors (Lipinski definition) is 1. The zero-order valence-electron chi connectivity index (χ0n) is 10.7. The van der Waals surface area contributed by atoms with Crippen LogP contribution in [0.25, 0.3) is 0 Å². The Balaban J connectivity index is 2.23. The molecule has 2 nitrogen and oxygen atoms in total. The summed E-state index contributed by atoms with van der Waals surface area (Å²) in [5.41, 5.74) is 0.608. The van der Waals surface area contributed by atoms with Gasteiger partial charge in [-0.05, 0) is 31.2 Å². The number of rotatable bonds is 6. The predicted molar refractivity (Wildman–Crippen MR) is 78.3 cm³/mol. The van der Waals surface area contributed by atoms with Crippen molar-refractivity contribution in [3.63, 3.8) is 0 Å². The molecule has 19 heavy (non-hydrogen) atoms. The summed E-state index contributed by atoms with van der Waals surface area (Å²) in [6, 6.07) is 4.59. The first-order valence-electron chi connectivity index (χ1n) is 6.27. The Morgan fingerprint density at radius 1 is 1.47 bits per heavy atom. The Labute approximate surface area is 121 Å². The molecule has 2 aromatic rings. The van der Waals surface area contributed by atoms with Crippen molar-refractivity contribution in [1.29, 1.82) is 0 Å². The molecule has 0 fully saturated rings. The van der Waals surface area contributed by atoms with Crippen LogP contribution in [0.4, 0.5) is 4.39 Å². The predicted octanol–water partition coefficient (Wildman–Crippen LogP) is 4.22. The smallest absolute Gasteiger partial charge is 0.128 e. The summed E-state index contributed by atoms with van der Waals surface area (Å²) < 4.78 is 14.0. The van der Waals surface area contributed by atoms with Gasteiger partial charge in [0, 0.05) is 34.6 Å². The van der Waals surface area contributed by atoms with Crippen LogP contribution in [0.5, 0.6) is 0 Å². The highest BCUT2D eigenvalue weighted by molar-refractivity contribution is 7.09. The summed E-state index contributed by atoms with van der Waals surface area (Å²) in [6.07, 6.45) is 3.44. The monoisotopic (exact) mass is 298 g/mol. The average molecular weight is 299 g/mol. The van der Waals surface area contributed by atoms with Crippen molar-refractivity contribution in [3.05, 3.63) is 51.2 Å². The molecule has 1 unspecified atom stereocenters. The van der Waals surface area contributed by atoms with Crippen molar-refractivity contribution in [2.45, 2.75) is 25.8 Å². The standard InChI is InChI=1S/C14H16ClFN2S/c1-2-5-17-13(9-14-18-6-7-19-14)11-8-10(15)3-4-12(11)16/h3-4,6-8,13,17H,2,5,9H2,1H3. The Morgan fingerprint density at radius 2 is 2.32 bits per heavy atom. The van der Waals surface area contributed by atoms with Crippen molar-refractivity contribution in [2.24, 2.45) is 0 Å². The van der Waals surface area contributed by atoms with E-state index in [1.807, 2.05) is 5.38 Å². The second-order valence-electron chi connectivity index (χ2n) is 4.30. The summed E-state index contributed by atoms with van der Waals surface area (Å²) in [4.78, 5) is 4.26. The molecule has 0 spiro atoms. The average Bonchev–Trinajstić information content (AvgIpc) is 2.90. The third-order valence-electron chi connectivity index (χ3n) is 2.84. The van der Waals surface area contributed by atoms with Crippen LogP contribution in [-0.2, 0) is 6.42 Å². The van der Waals surface area contributed by atoms with Crippen molar-refractivity contribution in [2.75, 3.05) is 6.54 Å². The molecular weight excluding hydrogens is 283 g/mol. The van der Waals surface area contributed by atoms with Crippen LogP contribution >= 0.6 is 22.9 Å². The molecule has 0 bridgehead atoms. The van der Waals surface area contributed by atoms with Gasteiger partial charge in [-0.25, -0.2) is 9.37 Å². The summed E-state index contributed by atoms with van der Waals surface area (Å²) in [6.45, 7) is 2.92. The number of hydrogen-bond acceptors (Lipinski definition) is 3. The Bertz CT molecular complexity index is 516. The maximum absolute atomic E-state index is 14.0. The van der Waals surface area contributed by atoms with Gasteiger partial charge in [0.15, 0.2) is 0 Å². The topological polar surface area (TPSA) is 24.9 Å². The van der Waals surface area contributed by atoms with Crippen LogP contribution in [0.2, 0.25) is 5.02 Å². The molecule has 1 aromatic carbocycles.